The van der Waals surface area contributed by atoms with Gasteiger partial charge in [-0.25, -0.2) is 8.78 Å². The molecule has 5 heteroatoms. The maximum absolute atomic E-state index is 14.1. The summed E-state index contributed by atoms with van der Waals surface area (Å²) in [6.07, 6.45) is 0. The molecular weight excluding hydrogens is 609 g/mol. The molecule has 3 nitrogen and oxygen atoms in total. The molecule has 0 aliphatic carbocycles. The van der Waals surface area contributed by atoms with E-state index in [0.29, 0.717) is 0 Å². The summed E-state index contributed by atoms with van der Waals surface area (Å²) in [6, 6.07) is 57.3. The Balaban J connectivity index is 1.35. The van der Waals surface area contributed by atoms with Crippen molar-refractivity contribution in [1.29, 1.82) is 0 Å². The summed E-state index contributed by atoms with van der Waals surface area (Å²) < 4.78 is 30.6. The van der Waals surface area contributed by atoms with Crippen LogP contribution in [-0.2, 0) is 0 Å². The number of anilines is 6. The Morgan fingerprint density at radius 1 is 0.347 bits per heavy atom. The highest BCUT2D eigenvalue weighted by molar-refractivity contribution is 6.26. The summed E-state index contributed by atoms with van der Waals surface area (Å²) in [4.78, 5) is 4.34. The molecule has 0 aliphatic heterocycles. The zero-order chi connectivity index (χ0) is 32.9. The molecule has 9 rings (SSSR count). The lowest BCUT2D eigenvalue weighted by Crippen LogP contribution is -2.10. The second kappa shape index (κ2) is 11.7. The average Bonchev–Trinajstić information content (AvgIpc) is 3.48. The van der Waals surface area contributed by atoms with E-state index in [0.717, 1.165) is 61.6 Å². The predicted octanol–water partition coefficient (Wildman–Crippen LogP) is 12.6. The van der Waals surface area contributed by atoms with Crippen LogP contribution in [0.3, 0.4) is 0 Å². The fourth-order valence-corrected chi connectivity index (χ4v) is 7.08. The zero-order valence-corrected chi connectivity index (χ0v) is 26.3. The highest BCUT2D eigenvalue weighted by Crippen LogP contribution is 2.46. The molecule has 8 aromatic carbocycles. The first kappa shape index (κ1) is 28.7. The van der Waals surface area contributed by atoms with Crippen molar-refractivity contribution in [2.75, 3.05) is 9.80 Å². The Morgan fingerprint density at radius 2 is 0.714 bits per heavy atom. The molecule has 0 bridgehead atoms. The van der Waals surface area contributed by atoms with E-state index in [1.54, 1.807) is 0 Å². The zero-order valence-electron chi connectivity index (χ0n) is 26.3. The molecule has 0 fully saturated rings. The average molecular weight is 638 g/mol. The topological polar surface area (TPSA) is 11.4 Å². The Labute approximate surface area is 282 Å². The van der Waals surface area contributed by atoms with Crippen LogP contribution in [0.2, 0.25) is 0 Å². The summed E-state index contributed by atoms with van der Waals surface area (Å²) in [5.74, 6) is -0.550. The normalized spacial score (nSPS) is 11.5. The van der Waals surface area contributed by atoms with Gasteiger partial charge in [0.2, 0.25) is 0 Å². The molecule has 49 heavy (non-hydrogen) atoms. The van der Waals surface area contributed by atoms with E-state index in [9.17, 15) is 8.78 Å². The van der Waals surface area contributed by atoms with Crippen LogP contribution in [0, 0.1) is 11.6 Å². The van der Waals surface area contributed by atoms with E-state index in [1.165, 1.54) is 35.0 Å². The second-order valence-corrected chi connectivity index (χ2v) is 12.2. The minimum absolute atomic E-state index is 0.275. The molecule has 234 valence electrons. The fourth-order valence-electron chi connectivity index (χ4n) is 7.08. The quantitative estimate of drug-likeness (QED) is 0.161. The molecule has 0 atom stereocenters. The lowest BCUT2D eigenvalue weighted by molar-refractivity contribution is 0.627. The molecule has 1 heterocycles. The van der Waals surface area contributed by atoms with Crippen LogP contribution in [0.25, 0.3) is 38.3 Å². The molecule has 0 N–H and O–H groups in total. The second-order valence-electron chi connectivity index (χ2n) is 12.2. The van der Waals surface area contributed by atoms with Crippen molar-refractivity contribution in [1.82, 2.24) is 4.57 Å². The number of benzene rings is 8. The van der Waals surface area contributed by atoms with Gasteiger partial charge in [0.05, 0.1) is 11.0 Å². The minimum atomic E-state index is -0.275. The largest absolute Gasteiger partial charge is 0.310 e. The maximum Gasteiger partial charge on any atom is 0.123 e. The van der Waals surface area contributed by atoms with E-state index in [1.807, 2.05) is 66.7 Å². The van der Waals surface area contributed by atoms with E-state index in [4.69, 9.17) is 0 Å². The standard InChI is InChI=1S/C44H29F2N3/c45-32-18-22-37(23-19-32)47(34-10-4-1-5-11-34)39-26-30-16-17-31-27-40(48(35-12-6-2-7-13-35)38-24-20-33(46)21-25-38)29-42-44(31)43(30)41(28-39)49(42)36-14-8-3-9-15-36/h1-29H. The number of rotatable bonds is 7. The number of para-hydroxylation sites is 3. The van der Waals surface area contributed by atoms with E-state index >= 15 is 0 Å². The first-order valence-electron chi connectivity index (χ1n) is 16.2. The van der Waals surface area contributed by atoms with Gasteiger partial charge in [-0.15, -0.1) is 0 Å². The Bertz CT molecular complexity index is 2390. The van der Waals surface area contributed by atoms with Crippen LogP contribution in [0.1, 0.15) is 0 Å². The summed E-state index contributed by atoms with van der Waals surface area (Å²) in [6.45, 7) is 0. The first-order valence-corrected chi connectivity index (χ1v) is 16.2. The maximum atomic E-state index is 14.1. The van der Waals surface area contributed by atoms with Crippen molar-refractivity contribution < 1.29 is 8.78 Å². The first-order chi connectivity index (χ1) is 24.1. The molecule has 0 spiro atoms. The minimum Gasteiger partial charge on any atom is -0.310 e. The predicted molar refractivity (Wildman–Crippen MR) is 199 cm³/mol. The van der Waals surface area contributed by atoms with Crippen LogP contribution >= 0.6 is 0 Å². The number of aromatic nitrogens is 1. The van der Waals surface area contributed by atoms with Crippen molar-refractivity contribution in [2.24, 2.45) is 0 Å². The van der Waals surface area contributed by atoms with Gasteiger partial charge in [-0.05, 0) is 120 Å². The van der Waals surface area contributed by atoms with Gasteiger partial charge in [-0.1, -0.05) is 66.7 Å². The summed E-state index contributed by atoms with van der Waals surface area (Å²) in [5, 5.41) is 4.56. The summed E-state index contributed by atoms with van der Waals surface area (Å²) in [5.41, 5.74) is 8.77. The van der Waals surface area contributed by atoms with Gasteiger partial charge in [0.15, 0.2) is 0 Å². The van der Waals surface area contributed by atoms with Gasteiger partial charge in [0.1, 0.15) is 11.6 Å². The Morgan fingerprint density at radius 3 is 1.12 bits per heavy atom. The van der Waals surface area contributed by atoms with Gasteiger partial charge in [0.25, 0.3) is 0 Å². The Kier molecular flexibility index (Phi) is 6.83. The van der Waals surface area contributed by atoms with Crippen molar-refractivity contribution in [2.45, 2.75) is 0 Å². The highest BCUT2D eigenvalue weighted by Gasteiger charge is 2.23. The van der Waals surface area contributed by atoms with Crippen LogP contribution in [0.5, 0.6) is 0 Å². The lowest BCUT2D eigenvalue weighted by atomic mass is 10.00. The number of nitrogens with zero attached hydrogens (tertiary/aromatic N) is 3. The van der Waals surface area contributed by atoms with E-state index in [-0.39, 0.29) is 11.6 Å². The molecule has 0 aliphatic rings. The highest BCUT2D eigenvalue weighted by atomic mass is 19.1. The fraction of sp³-hybridized carbons (Fsp3) is 0. The van der Waals surface area contributed by atoms with Gasteiger partial charge in [0, 0.05) is 50.6 Å². The van der Waals surface area contributed by atoms with Crippen molar-refractivity contribution in [3.05, 3.63) is 188 Å². The lowest BCUT2D eigenvalue weighted by Gasteiger charge is -2.26. The van der Waals surface area contributed by atoms with Gasteiger partial charge in [-0.2, -0.15) is 0 Å². The third-order valence-electron chi connectivity index (χ3n) is 9.17. The third-order valence-corrected chi connectivity index (χ3v) is 9.17. The number of hydrogen-bond acceptors (Lipinski definition) is 2. The Hall–Kier alpha value is -6.46. The molecule has 0 saturated carbocycles. The SMILES string of the molecule is Fc1ccc(N(c2ccccc2)c2cc3ccc4cc(N(c5ccccc5)c5ccc(F)cc5)cc5c4c3c(c2)n5-c2ccccc2)cc1. The van der Waals surface area contributed by atoms with Gasteiger partial charge >= 0.3 is 0 Å². The van der Waals surface area contributed by atoms with E-state index < -0.39 is 0 Å². The molecule has 0 unspecified atom stereocenters. The number of halogens is 2. The smallest absolute Gasteiger partial charge is 0.123 e. The summed E-state index contributed by atoms with van der Waals surface area (Å²) in [7, 11) is 0. The van der Waals surface area contributed by atoms with Crippen molar-refractivity contribution in [3.63, 3.8) is 0 Å². The monoisotopic (exact) mass is 637 g/mol. The van der Waals surface area contributed by atoms with Crippen LogP contribution < -0.4 is 9.80 Å². The molecule has 0 saturated heterocycles. The molecule has 0 radical (unpaired) electrons. The molecular formula is C44H29F2N3. The van der Waals surface area contributed by atoms with Crippen LogP contribution in [0.15, 0.2) is 176 Å². The van der Waals surface area contributed by atoms with Crippen LogP contribution in [0.4, 0.5) is 42.9 Å². The number of hydrogen-bond donors (Lipinski definition) is 0. The molecule has 1 aromatic heterocycles. The van der Waals surface area contributed by atoms with Gasteiger partial charge in [-0.3, -0.25) is 0 Å². The van der Waals surface area contributed by atoms with E-state index in [2.05, 4.69) is 99.3 Å². The van der Waals surface area contributed by atoms with Crippen molar-refractivity contribution in [3.8, 4) is 5.69 Å². The molecule has 9 aromatic rings. The van der Waals surface area contributed by atoms with Crippen LogP contribution in [-0.4, -0.2) is 4.57 Å². The summed E-state index contributed by atoms with van der Waals surface area (Å²) >= 11 is 0. The van der Waals surface area contributed by atoms with Gasteiger partial charge < -0.3 is 14.4 Å². The third kappa shape index (κ3) is 4.95. The molecule has 0 amide bonds. The van der Waals surface area contributed by atoms with Crippen molar-refractivity contribution >= 4 is 66.7 Å².